The average Bonchev–Trinajstić information content (AvgIpc) is 2.67. The van der Waals surface area contributed by atoms with Crippen molar-refractivity contribution >= 4 is 29.6 Å². The van der Waals surface area contributed by atoms with E-state index in [1.54, 1.807) is 12.1 Å². The van der Waals surface area contributed by atoms with E-state index < -0.39 is 54.1 Å². The molecule has 12 nitrogen and oxygen atoms in total. The molecule has 4 amide bonds. The number of phenolic OH excluding ortho intramolecular Hbond substituents is 1. The molecule has 1 aromatic rings. The predicted molar refractivity (Wildman–Crippen MR) is 104 cm³/mol. The highest BCUT2D eigenvalue weighted by molar-refractivity contribution is 5.94. The minimum atomic E-state index is -1.54. The molecule has 0 aromatic heterocycles. The molecule has 1 rings (SSSR count). The van der Waals surface area contributed by atoms with Gasteiger partial charge in [0.15, 0.2) is 0 Å². The largest absolute Gasteiger partial charge is 0.508 e. The van der Waals surface area contributed by atoms with Crippen LogP contribution in [-0.4, -0.2) is 64.5 Å². The summed E-state index contributed by atoms with van der Waals surface area (Å²) >= 11 is 0. The minimum absolute atomic E-state index is 0.0278. The van der Waals surface area contributed by atoms with Crippen LogP contribution in [0.5, 0.6) is 5.75 Å². The fourth-order valence-corrected chi connectivity index (χ4v) is 2.41. The average molecular weight is 423 g/mol. The van der Waals surface area contributed by atoms with E-state index in [1.807, 2.05) is 0 Å². The lowest BCUT2D eigenvalue weighted by Crippen LogP contribution is -2.56. The molecule has 0 aliphatic heterocycles. The minimum Gasteiger partial charge on any atom is -0.508 e. The van der Waals surface area contributed by atoms with E-state index in [2.05, 4.69) is 16.0 Å². The zero-order chi connectivity index (χ0) is 22.8. The first kappa shape index (κ1) is 24.4. The summed E-state index contributed by atoms with van der Waals surface area (Å²) in [7, 11) is 0. The fourth-order valence-electron chi connectivity index (χ4n) is 2.41. The monoisotopic (exact) mass is 423 g/mol. The first-order valence-electron chi connectivity index (χ1n) is 8.92. The molecule has 0 saturated heterocycles. The number of aromatic hydroxyl groups is 1. The van der Waals surface area contributed by atoms with Gasteiger partial charge in [-0.25, -0.2) is 4.79 Å². The van der Waals surface area contributed by atoms with Crippen molar-refractivity contribution in [3.8, 4) is 5.75 Å². The van der Waals surface area contributed by atoms with Gasteiger partial charge in [-0.2, -0.15) is 0 Å². The smallest absolute Gasteiger partial charge is 0.326 e. The summed E-state index contributed by atoms with van der Waals surface area (Å²) in [6, 6.07) is 2.14. The van der Waals surface area contributed by atoms with E-state index in [0.29, 0.717) is 5.56 Å². The van der Waals surface area contributed by atoms with Gasteiger partial charge in [0.1, 0.15) is 23.9 Å². The van der Waals surface area contributed by atoms with E-state index in [-0.39, 0.29) is 18.7 Å². The van der Waals surface area contributed by atoms with Crippen LogP contribution >= 0.6 is 0 Å². The molecule has 0 fully saturated rings. The Kier molecular flexibility index (Phi) is 9.23. The molecular formula is C18H25N5O7. The van der Waals surface area contributed by atoms with Gasteiger partial charge in [-0.3, -0.25) is 19.2 Å². The van der Waals surface area contributed by atoms with Crippen LogP contribution in [0.2, 0.25) is 0 Å². The van der Waals surface area contributed by atoms with Crippen LogP contribution in [0.3, 0.4) is 0 Å². The van der Waals surface area contributed by atoms with Crippen molar-refractivity contribution in [2.45, 2.75) is 37.9 Å². The number of nitrogens with one attached hydrogen (secondary N) is 3. The molecule has 0 spiro atoms. The number of hydrogen-bond donors (Lipinski definition) is 7. The Hall–Kier alpha value is -3.67. The predicted octanol–water partition coefficient (Wildman–Crippen LogP) is -2.67. The molecule has 1 aromatic carbocycles. The lowest BCUT2D eigenvalue weighted by molar-refractivity contribution is -0.143. The second-order valence-corrected chi connectivity index (χ2v) is 6.49. The zero-order valence-electron chi connectivity index (χ0n) is 16.3. The number of carboxylic acids is 1. The maximum absolute atomic E-state index is 12.6. The van der Waals surface area contributed by atoms with Crippen LogP contribution in [0, 0.1) is 0 Å². The third-order valence-corrected chi connectivity index (χ3v) is 3.99. The first-order chi connectivity index (χ1) is 14.0. The fraction of sp³-hybridized carbons (Fsp3) is 0.389. The number of hydrogen-bond acceptors (Lipinski definition) is 7. The summed E-state index contributed by atoms with van der Waals surface area (Å²) in [5.74, 6) is -4.52. The molecule has 0 saturated carbocycles. The van der Waals surface area contributed by atoms with Gasteiger partial charge in [0.2, 0.25) is 23.6 Å². The van der Waals surface area contributed by atoms with Crippen LogP contribution in [0.1, 0.15) is 18.9 Å². The van der Waals surface area contributed by atoms with Gasteiger partial charge in [-0.05, 0) is 24.6 Å². The van der Waals surface area contributed by atoms with Gasteiger partial charge >= 0.3 is 5.97 Å². The molecule has 164 valence electrons. The van der Waals surface area contributed by atoms with E-state index in [9.17, 15) is 29.1 Å². The number of primary amides is 1. The first-order valence-corrected chi connectivity index (χ1v) is 8.92. The molecule has 0 radical (unpaired) electrons. The number of amides is 4. The maximum Gasteiger partial charge on any atom is 0.326 e. The summed E-state index contributed by atoms with van der Waals surface area (Å²) in [6.45, 7) is 0.946. The van der Waals surface area contributed by atoms with Crippen molar-refractivity contribution in [2.75, 3.05) is 6.54 Å². The van der Waals surface area contributed by atoms with Gasteiger partial charge in [0.05, 0.1) is 13.0 Å². The third kappa shape index (κ3) is 8.14. The molecule has 0 heterocycles. The van der Waals surface area contributed by atoms with Crippen LogP contribution in [-0.2, 0) is 30.4 Å². The van der Waals surface area contributed by atoms with E-state index >= 15 is 0 Å². The van der Waals surface area contributed by atoms with Crippen LogP contribution < -0.4 is 27.4 Å². The highest BCUT2D eigenvalue weighted by Gasteiger charge is 2.28. The number of carboxylic acid groups (broad SMARTS) is 1. The number of phenols is 1. The summed E-state index contributed by atoms with van der Waals surface area (Å²) in [5, 5.41) is 25.3. The Labute approximate surface area is 172 Å². The Morgan fingerprint density at radius 3 is 2.07 bits per heavy atom. The van der Waals surface area contributed by atoms with Crippen molar-refractivity contribution in [1.29, 1.82) is 0 Å². The second-order valence-electron chi connectivity index (χ2n) is 6.49. The third-order valence-electron chi connectivity index (χ3n) is 3.99. The van der Waals surface area contributed by atoms with E-state index in [0.717, 1.165) is 0 Å². The Morgan fingerprint density at radius 2 is 1.57 bits per heavy atom. The highest BCUT2D eigenvalue weighted by atomic mass is 16.4. The van der Waals surface area contributed by atoms with Crippen molar-refractivity contribution in [3.05, 3.63) is 29.8 Å². The Bertz CT molecular complexity index is 797. The van der Waals surface area contributed by atoms with Crippen LogP contribution in [0.15, 0.2) is 24.3 Å². The molecule has 0 bridgehead atoms. The van der Waals surface area contributed by atoms with Crippen molar-refractivity contribution < 1.29 is 34.2 Å². The van der Waals surface area contributed by atoms with E-state index in [4.69, 9.17) is 16.6 Å². The summed E-state index contributed by atoms with van der Waals surface area (Å²) in [6.07, 6.45) is -0.566. The van der Waals surface area contributed by atoms with Crippen LogP contribution in [0.25, 0.3) is 0 Å². The van der Waals surface area contributed by atoms with Gasteiger partial charge in [-0.1, -0.05) is 12.1 Å². The number of nitrogens with two attached hydrogens (primary N) is 2. The quantitative estimate of drug-likeness (QED) is 0.199. The van der Waals surface area contributed by atoms with Crippen molar-refractivity contribution in [2.24, 2.45) is 11.5 Å². The summed E-state index contributed by atoms with van der Waals surface area (Å²) in [5.41, 5.74) is 10.8. The summed E-state index contributed by atoms with van der Waals surface area (Å²) in [4.78, 5) is 58.5. The lowest BCUT2D eigenvalue weighted by Gasteiger charge is -2.22. The Morgan fingerprint density at radius 1 is 0.967 bits per heavy atom. The topological polar surface area (TPSA) is 214 Å². The zero-order valence-corrected chi connectivity index (χ0v) is 16.3. The molecule has 30 heavy (non-hydrogen) atoms. The van der Waals surface area contributed by atoms with Gasteiger partial charge in [0, 0.05) is 6.42 Å². The standard InChI is InChI=1S/C18H25N5O7/c1-9(16(27)23-13(18(29)30)7-14(20)25)21-17(28)12(22-15(26)8-19)6-10-2-4-11(24)5-3-10/h2-5,9,12-13,24H,6-8,19H2,1H3,(H2,20,25)(H,21,28)(H,22,26)(H,23,27)(H,29,30). The molecule has 0 aliphatic carbocycles. The molecule has 3 atom stereocenters. The van der Waals surface area contributed by atoms with E-state index in [1.165, 1.54) is 19.1 Å². The number of carbonyl (C=O) groups excluding carboxylic acids is 4. The Balaban J connectivity index is 2.83. The number of carbonyl (C=O) groups is 5. The molecular weight excluding hydrogens is 398 g/mol. The SMILES string of the molecule is CC(NC(=O)C(Cc1ccc(O)cc1)NC(=O)CN)C(=O)NC(CC(N)=O)C(=O)O. The number of rotatable bonds is 11. The molecule has 12 heteroatoms. The number of benzene rings is 1. The molecule has 3 unspecified atom stereocenters. The molecule has 9 N–H and O–H groups in total. The summed E-state index contributed by atoms with van der Waals surface area (Å²) < 4.78 is 0. The normalized spacial score (nSPS) is 13.4. The van der Waals surface area contributed by atoms with Crippen LogP contribution in [0.4, 0.5) is 0 Å². The maximum atomic E-state index is 12.6. The lowest BCUT2D eigenvalue weighted by atomic mass is 10.0. The number of aliphatic carboxylic acids is 1. The molecule has 0 aliphatic rings. The van der Waals surface area contributed by atoms with Gasteiger partial charge in [0.25, 0.3) is 0 Å². The highest BCUT2D eigenvalue weighted by Crippen LogP contribution is 2.11. The van der Waals surface area contributed by atoms with Crippen molar-refractivity contribution in [3.63, 3.8) is 0 Å². The van der Waals surface area contributed by atoms with Crippen molar-refractivity contribution in [1.82, 2.24) is 16.0 Å². The van der Waals surface area contributed by atoms with Gasteiger partial charge in [-0.15, -0.1) is 0 Å². The second kappa shape index (κ2) is 11.4. The van der Waals surface area contributed by atoms with Gasteiger partial charge < -0.3 is 37.6 Å².